The molecule has 0 amide bonds. The number of ether oxygens (including phenoxy) is 1. The molecule has 1 aliphatic rings. The predicted molar refractivity (Wildman–Crippen MR) is 158 cm³/mol. The molecule has 0 radical (unpaired) electrons. The molecule has 0 spiro atoms. The average molecular weight is 559 g/mol. The Morgan fingerprint density at radius 2 is 2.07 bits per heavy atom. The van der Waals surface area contributed by atoms with Gasteiger partial charge >= 0.3 is 5.97 Å². The Balaban J connectivity index is 1.17. The first-order chi connectivity index (χ1) is 20.1. The number of pyridine rings is 2. The molecular weight excluding hydrogens is 520 g/mol. The molecule has 0 bridgehead atoms. The zero-order valence-electron chi connectivity index (χ0n) is 23.5. The monoisotopic (exact) mass is 558 g/mol. The molecule has 4 aromatic rings. The molecule has 11 heteroatoms. The van der Waals surface area contributed by atoms with Crippen molar-refractivity contribution in [3.8, 4) is 5.88 Å². The number of nitrogens with zero attached hydrogens (tertiary/aromatic N) is 6. The van der Waals surface area contributed by atoms with Crippen molar-refractivity contribution in [2.24, 2.45) is 7.05 Å². The van der Waals surface area contributed by atoms with E-state index in [2.05, 4.69) is 42.6 Å². The maximum atomic E-state index is 12.2. The van der Waals surface area contributed by atoms with Gasteiger partial charge in [0.05, 0.1) is 5.39 Å². The molecule has 0 saturated carbocycles. The topological polar surface area (TPSA) is 130 Å². The average Bonchev–Trinajstić information content (AvgIpc) is 3.38. The number of rotatable bonds is 15. The summed E-state index contributed by atoms with van der Waals surface area (Å²) in [5.74, 6) is 1.23. The summed E-state index contributed by atoms with van der Waals surface area (Å²) in [4.78, 5) is 32.1. The van der Waals surface area contributed by atoms with Gasteiger partial charge in [-0.1, -0.05) is 12.1 Å². The first-order valence-electron chi connectivity index (χ1n) is 14.3. The molecule has 216 valence electrons. The Bertz CT molecular complexity index is 1430. The van der Waals surface area contributed by atoms with E-state index in [0.29, 0.717) is 37.8 Å². The van der Waals surface area contributed by atoms with Crippen molar-refractivity contribution in [3.05, 3.63) is 66.4 Å². The summed E-state index contributed by atoms with van der Waals surface area (Å²) < 4.78 is 7.73. The molecule has 41 heavy (non-hydrogen) atoms. The lowest BCUT2D eigenvalue weighted by Crippen LogP contribution is -2.37. The number of carboxylic acid groups (broad SMARTS) is 1. The normalized spacial score (nSPS) is 13.5. The van der Waals surface area contributed by atoms with Crippen LogP contribution < -0.4 is 15.4 Å². The van der Waals surface area contributed by atoms with Crippen LogP contribution in [0.5, 0.6) is 5.88 Å². The number of fused-ring (bicyclic) bond motifs is 2. The highest BCUT2D eigenvalue weighted by molar-refractivity contribution is 5.89. The number of hydrogen-bond acceptors (Lipinski definition) is 9. The van der Waals surface area contributed by atoms with Crippen LogP contribution in [0.2, 0.25) is 0 Å². The molecule has 0 aliphatic carbocycles. The summed E-state index contributed by atoms with van der Waals surface area (Å²) >= 11 is 0. The highest BCUT2D eigenvalue weighted by atomic mass is 16.5. The van der Waals surface area contributed by atoms with Crippen molar-refractivity contribution in [1.82, 2.24) is 29.4 Å². The van der Waals surface area contributed by atoms with Crippen LogP contribution in [0, 0.1) is 0 Å². The second-order valence-electron chi connectivity index (χ2n) is 10.4. The first-order valence-corrected chi connectivity index (χ1v) is 14.3. The highest BCUT2D eigenvalue weighted by Gasteiger charge is 2.21. The van der Waals surface area contributed by atoms with Crippen molar-refractivity contribution in [1.29, 1.82) is 0 Å². The summed E-state index contributed by atoms with van der Waals surface area (Å²) in [6, 6.07) is 11.0. The summed E-state index contributed by atoms with van der Waals surface area (Å²) in [7, 11) is 1.90. The second-order valence-corrected chi connectivity index (χ2v) is 10.4. The molecule has 4 aromatic heterocycles. The predicted octanol–water partition coefficient (Wildman–Crippen LogP) is 3.78. The minimum absolute atomic E-state index is 0.412. The molecule has 0 unspecified atom stereocenters. The number of hydrogen-bond donors (Lipinski definition) is 3. The van der Waals surface area contributed by atoms with Crippen LogP contribution in [-0.4, -0.2) is 79.3 Å². The third-order valence-corrected chi connectivity index (χ3v) is 7.41. The smallest absolute Gasteiger partial charge is 0.326 e. The Morgan fingerprint density at radius 1 is 1.15 bits per heavy atom. The van der Waals surface area contributed by atoms with Gasteiger partial charge in [-0.05, 0) is 68.8 Å². The lowest BCUT2D eigenvalue weighted by Gasteiger charge is -2.24. The molecule has 0 saturated heterocycles. The summed E-state index contributed by atoms with van der Waals surface area (Å²) in [5, 5.41) is 17.3. The fraction of sp³-hybridized carbons (Fsp3) is 0.433. The zero-order chi connectivity index (χ0) is 28.4. The number of aryl methyl sites for hydroxylation is 3. The number of anilines is 2. The van der Waals surface area contributed by atoms with Crippen molar-refractivity contribution >= 4 is 28.6 Å². The van der Waals surface area contributed by atoms with Crippen LogP contribution in [0.25, 0.3) is 11.0 Å². The molecule has 3 N–H and O–H groups in total. The van der Waals surface area contributed by atoms with Crippen molar-refractivity contribution in [2.45, 2.75) is 44.6 Å². The van der Waals surface area contributed by atoms with Crippen molar-refractivity contribution in [2.75, 3.05) is 43.4 Å². The first kappa shape index (κ1) is 28.3. The van der Waals surface area contributed by atoms with E-state index in [1.807, 2.05) is 42.1 Å². The number of aliphatic carboxylic acids is 1. The standard InChI is InChI=1S/C30H38N8O3/c1-37-17-12-24-28(33-21-34-29(24)37)36-25(30(39)40)13-18-38(19-20-41-26-9-2-4-14-31-26)16-5-3-8-23-11-10-22-7-6-15-32-27(22)35-23/h2,4,9-12,14,17,21,25H,3,5-8,13,15-16,18-20H2,1H3,(H,32,35)(H,39,40)(H,33,34,36)/t25-/m0/s1. The molecule has 5 heterocycles. The molecular formula is C30H38N8O3. The van der Waals surface area contributed by atoms with Gasteiger partial charge in [-0.15, -0.1) is 0 Å². The lowest BCUT2D eigenvalue weighted by atomic mass is 10.1. The van der Waals surface area contributed by atoms with Gasteiger partial charge in [-0.3, -0.25) is 4.90 Å². The maximum Gasteiger partial charge on any atom is 0.326 e. The van der Waals surface area contributed by atoms with Crippen molar-refractivity contribution in [3.63, 3.8) is 0 Å². The molecule has 5 rings (SSSR count). The minimum Gasteiger partial charge on any atom is -0.480 e. The van der Waals surface area contributed by atoms with Gasteiger partial charge in [-0.25, -0.2) is 24.7 Å². The van der Waals surface area contributed by atoms with E-state index in [1.54, 1.807) is 6.20 Å². The number of unbranched alkanes of at least 4 members (excludes halogenated alkanes) is 1. The van der Waals surface area contributed by atoms with Crippen LogP contribution in [0.4, 0.5) is 11.6 Å². The van der Waals surface area contributed by atoms with Gasteiger partial charge in [0.2, 0.25) is 5.88 Å². The molecule has 11 nitrogen and oxygen atoms in total. The van der Waals surface area contributed by atoms with Crippen molar-refractivity contribution < 1.29 is 14.6 Å². The van der Waals surface area contributed by atoms with E-state index in [0.717, 1.165) is 67.7 Å². The largest absolute Gasteiger partial charge is 0.480 e. The number of carboxylic acids is 1. The van der Waals surface area contributed by atoms with Crippen LogP contribution in [-0.2, 0) is 24.7 Å². The fourth-order valence-corrected chi connectivity index (χ4v) is 5.12. The quantitative estimate of drug-likeness (QED) is 0.185. The summed E-state index contributed by atoms with van der Waals surface area (Å²) in [5.41, 5.74) is 3.16. The van der Waals surface area contributed by atoms with E-state index >= 15 is 0 Å². The lowest BCUT2D eigenvalue weighted by molar-refractivity contribution is -0.138. The van der Waals surface area contributed by atoms with Gasteiger partial charge in [0.25, 0.3) is 0 Å². The SMILES string of the molecule is Cn1ccc2c(N[C@@H](CCN(CCCCc3ccc4c(n3)NCCC4)CCOc3ccccn3)C(=O)O)ncnc21. The zero-order valence-corrected chi connectivity index (χ0v) is 23.5. The van der Waals surface area contributed by atoms with Gasteiger partial charge in [0.15, 0.2) is 0 Å². The number of aromatic nitrogens is 5. The Morgan fingerprint density at radius 3 is 2.93 bits per heavy atom. The molecule has 1 atom stereocenters. The van der Waals surface area contributed by atoms with Gasteiger partial charge in [-0.2, -0.15) is 0 Å². The Hall–Kier alpha value is -4.25. The van der Waals surface area contributed by atoms with E-state index in [1.165, 1.54) is 11.9 Å². The van der Waals surface area contributed by atoms with Crippen LogP contribution in [0.1, 0.15) is 36.9 Å². The van der Waals surface area contributed by atoms with E-state index in [9.17, 15) is 9.90 Å². The highest BCUT2D eigenvalue weighted by Crippen LogP contribution is 2.22. The van der Waals surface area contributed by atoms with E-state index in [4.69, 9.17) is 9.72 Å². The Labute approximate surface area is 240 Å². The summed E-state index contributed by atoms with van der Waals surface area (Å²) in [6.07, 6.45) is 10.6. The third-order valence-electron chi connectivity index (χ3n) is 7.41. The van der Waals surface area contributed by atoms with E-state index in [-0.39, 0.29) is 0 Å². The third kappa shape index (κ3) is 7.69. The molecule has 1 aliphatic heterocycles. The molecule has 0 fully saturated rings. The van der Waals surface area contributed by atoms with Crippen LogP contribution in [0.3, 0.4) is 0 Å². The summed E-state index contributed by atoms with van der Waals surface area (Å²) in [6.45, 7) is 3.55. The number of nitrogens with one attached hydrogen (secondary N) is 2. The van der Waals surface area contributed by atoms with Gasteiger partial charge < -0.3 is 25.0 Å². The maximum absolute atomic E-state index is 12.2. The second kappa shape index (κ2) is 13.9. The van der Waals surface area contributed by atoms with E-state index < -0.39 is 12.0 Å². The van der Waals surface area contributed by atoms with Gasteiger partial charge in [0, 0.05) is 50.8 Å². The minimum atomic E-state index is -0.913. The van der Waals surface area contributed by atoms with Gasteiger partial charge in [0.1, 0.15) is 36.3 Å². The Kier molecular flexibility index (Phi) is 9.58. The van der Waals surface area contributed by atoms with Crippen LogP contribution in [0.15, 0.2) is 55.1 Å². The molecule has 0 aromatic carbocycles. The number of carbonyl (C=O) groups is 1. The van der Waals surface area contributed by atoms with Crippen LogP contribution >= 0.6 is 0 Å². The fourth-order valence-electron chi connectivity index (χ4n) is 5.12.